The van der Waals surface area contributed by atoms with Crippen LogP contribution in [0.1, 0.15) is 32.1 Å². The number of rotatable bonds is 11. The summed E-state index contributed by atoms with van der Waals surface area (Å²) in [6.45, 7) is -0.371. The second kappa shape index (κ2) is 12.6. The Labute approximate surface area is 217 Å². The van der Waals surface area contributed by atoms with Crippen molar-refractivity contribution in [3.63, 3.8) is 0 Å². The zero-order valence-electron chi connectivity index (χ0n) is 19.6. The van der Waals surface area contributed by atoms with Crippen molar-refractivity contribution < 1.29 is 28.7 Å². The summed E-state index contributed by atoms with van der Waals surface area (Å²) in [5.41, 5.74) is -0.0253. The van der Waals surface area contributed by atoms with Crippen LogP contribution in [-0.2, 0) is 9.59 Å². The van der Waals surface area contributed by atoms with Crippen molar-refractivity contribution in [1.82, 2.24) is 5.32 Å². The molecule has 1 aliphatic rings. The fourth-order valence-electron chi connectivity index (χ4n) is 4.02. The molecule has 0 bridgehead atoms. The number of carbonyl (C=O) groups is 2. The van der Waals surface area contributed by atoms with E-state index >= 15 is 0 Å². The molecular weight excluding hydrogens is 513 g/mol. The van der Waals surface area contributed by atoms with Gasteiger partial charge in [0.1, 0.15) is 28.2 Å². The van der Waals surface area contributed by atoms with Crippen LogP contribution < -0.4 is 14.8 Å². The molecule has 10 nitrogen and oxygen atoms in total. The number of ether oxygens (including phenoxy) is 2. The maximum atomic E-state index is 12.4. The van der Waals surface area contributed by atoms with Gasteiger partial charge in [0.05, 0.1) is 17.1 Å². The molecule has 0 radical (unpaired) electrons. The van der Waals surface area contributed by atoms with Gasteiger partial charge in [0, 0.05) is 22.1 Å². The fourth-order valence-corrected chi connectivity index (χ4v) is 4.44. The quantitative estimate of drug-likeness (QED) is 0.241. The van der Waals surface area contributed by atoms with Crippen molar-refractivity contribution in [1.29, 1.82) is 0 Å². The van der Waals surface area contributed by atoms with Crippen LogP contribution in [0.5, 0.6) is 11.5 Å². The number of hydrogen-bond donors (Lipinski definition) is 1. The minimum absolute atomic E-state index is 0.00944. The average molecular weight is 539 g/mol. The van der Waals surface area contributed by atoms with Crippen LogP contribution in [-0.4, -0.2) is 47.7 Å². The number of nitro benzene ring substituents is 1. The van der Waals surface area contributed by atoms with Gasteiger partial charge in [-0.25, -0.2) is 0 Å². The van der Waals surface area contributed by atoms with Gasteiger partial charge >= 0.3 is 0 Å². The minimum Gasteiger partial charge on any atom is -0.486 e. The first-order valence-corrected chi connectivity index (χ1v) is 12.1. The molecule has 192 valence electrons. The van der Waals surface area contributed by atoms with E-state index in [0.29, 0.717) is 22.0 Å². The Kier molecular flexibility index (Phi) is 9.60. The summed E-state index contributed by atoms with van der Waals surface area (Å²) in [4.78, 5) is 46.5. The molecule has 0 aliphatic heterocycles. The Hall–Kier alpha value is -3.24. The Morgan fingerprint density at radius 2 is 1.50 bits per heavy atom. The van der Waals surface area contributed by atoms with E-state index in [2.05, 4.69) is 5.32 Å². The lowest BCUT2D eigenvalue weighted by Gasteiger charge is -2.28. The summed E-state index contributed by atoms with van der Waals surface area (Å²) < 4.78 is 11.5. The number of nitrogens with one attached hydrogen (secondary N) is 1. The average Bonchev–Trinajstić information content (AvgIpc) is 2.84. The van der Waals surface area contributed by atoms with E-state index in [0.717, 1.165) is 25.7 Å². The predicted molar refractivity (Wildman–Crippen MR) is 133 cm³/mol. The van der Waals surface area contributed by atoms with Gasteiger partial charge in [0.15, 0.2) is 19.4 Å². The molecule has 2 aromatic rings. The number of Topliss-reactive ketones (excluding diaryl/α,β-unsaturated/α-hetero) is 1. The molecule has 1 saturated carbocycles. The molecule has 0 spiro atoms. The summed E-state index contributed by atoms with van der Waals surface area (Å²) >= 11 is 11.7. The highest BCUT2D eigenvalue weighted by Crippen LogP contribution is 2.30. The highest BCUT2D eigenvalue weighted by Gasteiger charge is 2.25. The molecule has 36 heavy (non-hydrogen) atoms. The lowest BCUT2D eigenvalue weighted by molar-refractivity contribution is -0.428. The van der Waals surface area contributed by atoms with Gasteiger partial charge in [-0.1, -0.05) is 23.2 Å². The lowest BCUT2D eigenvalue weighted by Crippen LogP contribution is -2.40. The van der Waals surface area contributed by atoms with Crippen molar-refractivity contribution in [2.24, 2.45) is 5.92 Å². The van der Waals surface area contributed by atoms with Gasteiger partial charge in [-0.3, -0.25) is 19.7 Å². The summed E-state index contributed by atoms with van der Waals surface area (Å²) in [5, 5.41) is 14.2. The summed E-state index contributed by atoms with van der Waals surface area (Å²) in [7, 11) is 1.33. The zero-order valence-corrected chi connectivity index (χ0v) is 21.1. The van der Waals surface area contributed by atoms with Gasteiger partial charge in [0.25, 0.3) is 17.3 Å². The van der Waals surface area contributed by atoms with E-state index in [4.69, 9.17) is 32.7 Å². The maximum absolute atomic E-state index is 12.4. The Morgan fingerprint density at radius 3 is 2.08 bits per heavy atom. The number of benzene rings is 2. The van der Waals surface area contributed by atoms with E-state index in [1.165, 1.54) is 31.3 Å². The topological polar surface area (TPSA) is 128 Å². The highest BCUT2D eigenvalue weighted by atomic mass is 35.5. The SMILES string of the molecule is C[N+](=O)c1cc(OCC(=O)CC2CCC(NC(=O)COc3ccc(Cl)c([N+](=O)[O-])c3)CC2)ccc1Cl. The molecule has 1 amide bonds. The van der Waals surface area contributed by atoms with E-state index in [1.807, 2.05) is 0 Å². The van der Waals surface area contributed by atoms with Crippen molar-refractivity contribution in [2.75, 3.05) is 20.3 Å². The summed E-state index contributed by atoms with van der Waals surface area (Å²) in [6, 6.07) is 8.60. The minimum atomic E-state index is -0.619. The van der Waals surface area contributed by atoms with Crippen LogP contribution in [0.25, 0.3) is 0 Å². The van der Waals surface area contributed by atoms with Crippen molar-refractivity contribution in [2.45, 2.75) is 38.1 Å². The predicted octanol–water partition coefficient (Wildman–Crippen LogP) is 5.03. The Morgan fingerprint density at radius 1 is 0.944 bits per heavy atom. The van der Waals surface area contributed by atoms with Crippen LogP contribution in [0.15, 0.2) is 36.4 Å². The van der Waals surface area contributed by atoms with Gasteiger partial charge in [-0.15, -0.1) is 0 Å². The molecule has 1 N–H and O–H groups in total. The third-order valence-corrected chi connectivity index (χ3v) is 6.51. The first kappa shape index (κ1) is 27.3. The van der Waals surface area contributed by atoms with Crippen molar-refractivity contribution in [3.05, 3.63) is 61.5 Å². The van der Waals surface area contributed by atoms with Crippen LogP contribution in [0, 0.1) is 20.9 Å². The number of ketones is 1. The van der Waals surface area contributed by atoms with E-state index in [9.17, 15) is 24.6 Å². The van der Waals surface area contributed by atoms with Crippen LogP contribution in [0.2, 0.25) is 10.0 Å². The monoisotopic (exact) mass is 538 g/mol. The number of carbonyl (C=O) groups excluding carboxylic acids is 2. The highest BCUT2D eigenvalue weighted by molar-refractivity contribution is 6.33. The molecular formula is C24H26Cl2N3O7+. The molecule has 0 aromatic heterocycles. The largest absolute Gasteiger partial charge is 0.486 e. The smallest absolute Gasteiger partial charge is 0.291 e. The Balaban J connectivity index is 1.37. The maximum Gasteiger partial charge on any atom is 0.291 e. The molecule has 2 aromatic carbocycles. The normalized spacial score (nSPS) is 17.2. The van der Waals surface area contributed by atoms with E-state index < -0.39 is 4.92 Å². The van der Waals surface area contributed by atoms with Gasteiger partial charge in [-0.2, -0.15) is 0 Å². The number of nitroso groups, excluding NO2 is 1. The third-order valence-electron chi connectivity index (χ3n) is 5.87. The fraction of sp³-hybridized carbons (Fsp3) is 0.417. The van der Waals surface area contributed by atoms with Gasteiger partial charge < -0.3 is 14.8 Å². The molecule has 0 atom stereocenters. The second-order valence-corrected chi connectivity index (χ2v) is 9.40. The first-order chi connectivity index (χ1) is 17.1. The van der Waals surface area contributed by atoms with Crippen molar-refractivity contribution in [3.8, 4) is 11.5 Å². The van der Waals surface area contributed by atoms with E-state index in [-0.39, 0.29) is 59.0 Å². The molecule has 0 heterocycles. The summed E-state index contributed by atoms with van der Waals surface area (Å²) in [6.07, 6.45) is 3.40. The first-order valence-electron chi connectivity index (χ1n) is 11.3. The third kappa shape index (κ3) is 7.89. The summed E-state index contributed by atoms with van der Waals surface area (Å²) in [5.74, 6) is 0.410. The van der Waals surface area contributed by atoms with Gasteiger partial charge in [-0.05, 0) is 55.9 Å². The van der Waals surface area contributed by atoms with Crippen LogP contribution in [0.3, 0.4) is 0 Å². The molecule has 12 heteroatoms. The molecule has 1 fully saturated rings. The number of hydrogen-bond acceptors (Lipinski definition) is 7. The molecule has 0 saturated heterocycles. The standard InChI is InChI=1S/C24H25Cl2N3O7/c1-28(32)22-11-18(6-8-20(22)25)35-13-17(30)10-15-2-4-16(5-3-15)27-24(31)14-36-19-7-9-21(26)23(12-19)29(33)34/h6-9,11-12,15-16H,2-5,10,13-14H2,1H3/p+1. The number of amides is 1. The molecule has 1 aliphatic carbocycles. The Bertz CT molecular complexity index is 1060. The zero-order chi connectivity index (χ0) is 26.2. The second-order valence-electron chi connectivity index (χ2n) is 8.59. The molecule has 3 rings (SSSR count). The lowest BCUT2D eigenvalue weighted by atomic mass is 9.83. The number of halogens is 2. The molecule has 0 unspecified atom stereocenters. The number of nitro groups is 1. The van der Waals surface area contributed by atoms with Gasteiger partial charge in [0.2, 0.25) is 0 Å². The van der Waals surface area contributed by atoms with Crippen molar-refractivity contribution >= 4 is 46.3 Å². The van der Waals surface area contributed by atoms with Crippen LogP contribution in [0.4, 0.5) is 11.4 Å². The van der Waals surface area contributed by atoms with Crippen LogP contribution >= 0.6 is 23.2 Å². The van der Waals surface area contributed by atoms with E-state index in [1.54, 1.807) is 12.1 Å². The number of nitrogens with zero attached hydrogens (tertiary/aromatic N) is 2.